The Kier molecular flexibility index (Phi) is 10.1. The van der Waals surface area contributed by atoms with Crippen LogP contribution in [-0.4, -0.2) is 74.8 Å². The first-order valence-electron chi connectivity index (χ1n) is 14.9. The van der Waals surface area contributed by atoms with Crippen molar-refractivity contribution in [3.05, 3.63) is 88.0 Å². The molecule has 236 valence electrons. The van der Waals surface area contributed by atoms with Gasteiger partial charge in [-0.3, -0.25) is 4.90 Å². The maximum Gasteiger partial charge on any atom is 0.416 e. The molecule has 2 aliphatic heterocycles. The minimum atomic E-state index is -4.38. The van der Waals surface area contributed by atoms with E-state index in [2.05, 4.69) is 32.4 Å². The summed E-state index contributed by atoms with van der Waals surface area (Å²) in [4.78, 5) is 20.9. The lowest BCUT2D eigenvalue weighted by Crippen LogP contribution is -2.47. The molecule has 0 amide bonds. The highest BCUT2D eigenvalue weighted by molar-refractivity contribution is 14.1. The van der Waals surface area contributed by atoms with Gasteiger partial charge < -0.3 is 19.3 Å². The van der Waals surface area contributed by atoms with Crippen molar-refractivity contribution in [3.63, 3.8) is 0 Å². The highest BCUT2D eigenvalue weighted by Crippen LogP contribution is 2.49. The number of hydrogen-bond acceptors (Lipinski definition) is 7. The molecular weight excluding hydrogens is 714 g/mol. The molecular formula is C34H33F3IN3O3S. The Morgan fingerprint density at radius 1 is 0.822 bits per heavy atom. The number of nitrogens with zero attached hydrogens (tertiary/aromatic N) is 3. The normalized spacial score (nSPS) is 15.5. The molecule has 45 heavy (non-hydrogen) atoms. The van der Waals surface area contributed by atoms with Crippen molar-refractivity contribution < 1.29 is 27.4 Å². The van der Waals surface area contributed by atoms with E-state index >= 15 is 0 Å². The maximum atomic E-state index is 13.5. The third-order valence-corrected chi connectivity index (χ3v) is 10.4. The van der Waals surface area contributed by atoms with Gasteiger partial charge in [0.05, 0.1) is 20.5 Å². The van der Waals surface area contributed by atoms with Gasteiger partial charge in [-0.1, -0.05) is 54.2 Å². The Morgan fingerprint density at radius 3 is 2.33 bits per heavy atom. The molecule has 4 aromatic carbocycles. The van der Waals surface area contributed by atoms with Gasteiger partial charge in [0, 0.05) is 49.1 Å². The first-order chi connectivity index (χ1) is 21.8. The SMILES string of the molecule is O=C(COc1ccc2ccccc2c1I)OCCN1CCN(CCCN2c3ccccc3Sc3ccc(C(F)(F)F)cc32)CC1. The first-order valence-corrected chi connectivity index (χ1v) is 16.8. The minimum absolute atomic E-state index is 0.135. The molecule has 0 unspecified atom stereocenters. The van der Waals surface area contributed by atoms with Crippen LogP contribution in [0.25, 0.3) is 10.8 Å². The molecule has 0 radical (unpaired) electrons. The summed E-state index contributed by atoms with van der Waals surface area (Å²) in [6, 6.07) is 23.8. The summed E-state index contributed by atoms with van der Waals surface area (Å²) in [6.45, 7) is 5.82. The molecule has 1 fully saturated rings. The number of carbonyl (C=O) groups is 1. The van der Waals surface area contributed by atoms with Gasteiger partial charge >= 0.3 is 12.1 Å². The van der Waals surface area contributed by atoms with E-state index in [1.807, 2.05) is 65.6 Å². The number of esters is 1. The zero-order valence-corrected chi connectivity index (χ0v) is 27.5. The van der Waals surface area contributed by atoms with Crippen LogP contribution >= 0.6 is 34.4 Å². The first kappa shape index (κ1) is 32.0. The van der Waals surface area contributed by atoms with Gasteiger partial charge in [0.15, 0.2) is 6.61 Å². The fourth-order valence-corrected chi connectivity index (χ4v) is 7.63. The largest absolute Gasteiger partial charge is 0.481 e. The van der Waals surface area contributed by atoms with E-state index in [1.54, 1.807) is 6.07 Å². The van der Waals surface area contributed by atoms with E-state index in [0.29, 0.717) is 31.1 Å². The second kappa shape index (κ2) is 14.2. The summed E-state index contributed by atoms with van der Waals surface area (Å²) in [6.07, 6.45) is -3.56. The number of alkyl halides is 3. The molecule has 2 heterocycles. The molecule has 0 spiro atoms. The summed E-state index contributed by atoms with van der Waals surface area (Å²) in [5, 5.41) is 2.21. The second-order valence-electron chi connectivity index (χ2n) is 11.0. The van der Waals surface area contributed by atoms with E-state index in [0.717, 1.165) is 69.0 Å². The standard InChI is InChI=1S/C34H33F3IN3O3S/c35-34(36,37)25-11-13-31-28(22-25)41(27-8-3-4-9-30(27)45-31)15-5-14-39-16-18-40(19-17-39)20-21-43-32(42)23-44-29-12-10-24-6-1-2-7-26(24)33(29)38/h1-4,6-13,22H,5,14-21,23H2. The monoisotopic (exact) mass is 747 g/mol. The smallest absolute Gasteiger partial charge is 0.416 e. The lowest BCUT2D eigenvalue weighted by molar-refractivity contribution is -0.146. The molecule has 6 nitrogen and oxygen atoms in total. The highest BCUT2D eigenvalue weighted by Gasteiger charge is 2.33. The zero-order chi connectivity index (χ0) is 31.4. The van der Waals surface area contributed by atoms with Crippen molar-refractivity contribution >= 4 is 62.5 Å². The Bertz CT molecular complexity index is 1660. The summed E-state index contributed by atoms with van der Waals surface area (Å²) >= 11 is 3.75. The molecule has 11 heteroatoms. The molecule has 0 saturated carbocycles. The Morgan fingerprint density at radius 2 is 1.53 bits per heavy atom. The van der Waals surface area contributed by atoms with Crippen LogP contribution in [0.3, 0.4) is 0 Å². The van der Waals surface area contributed by atoms with Gasteiger partial charge in [0.25, 0.3) is 0 Å². The number of halogens is 4. The highest BCUT2D eigenvalue weighted by atomic mass is 127. The quantitative estimate of drug-likeness (QED) is 0.122. The van der Waals surface area contributed by atoms with E-state index in [1.165, 1.54) is 23.9 Å². The van der Waals surface area contributed by atoms with Crippen LogP contribution in [0.1, 0.15) is 12.0 Å². The van der Waals surface area contributed by atoms with Crippen LogP contribution in [0.2, 0.25) is 0 Å². The molecule has 0 atom stereocenters. The van der Waals surface area contributed by atoms with Gasteiger partial charge in [-0.05, 0) is 82.7 Å². The lowest BCUT2D eigenvalue weighted by Gasteiger charge is -2.36. The average Bonchev–Trinajstić information content (AvgIpc) is 3.04. The van der Waals surface area contributed by atoms with Crippen LogP contribution in [0.15, 0.2) is 88.7 Å². The Hall–Kier alpha value is -3.00. The fraction of sp³-hybridized carbons (Fsp3) is 0.324. The maximum absolute atomic E-state index is 13.5. The van der Waals surface area contributed by atoms with Gasteiger partial charge in [-0.25, -0.2) is 4.79 Å². The van der Waals surface area contributed by atoms with Crippen LogP contribution in [0.4, 0.5) is 24.5 Å². The van der Waals surface area contributed by atoms with Crippen molar-refractivity contribution in [2.24, 2.45) is 0 Å². The number of piperazine rings is 1. The zero-order valence-electron chi connectivity index (χ0n) is 24.6. The topological polar surface area (TPSA) is 45.3 Å². The van der Waals surface area contributed by atoms with E-state index in [-0.39, 0.29) is 12.6 Å². The molecule has 0 bridgehead atoms. The van der Waals surface area contributed by atoms with Crippen molar-refractivity contribution in [3.8, 4) is 5.75 Å². The third kappa shape index (κ3) is 7.70. The number of para-hydroxylation sites is 1. The van der Waals surface area contributed by atoms with Crippen LogP contribution < -0.4 is 9.64 Å². The molecule has 0 aliphatic carbocycles. The lowest BCUT2D eigenvalue weighted by atomic mass is 10.1. The van der Waals surface area contributed by atoms with Crippen molar-refractivity contribution in [1.29, 1.82) is 0 Å². The Balaban J connectivity index is 0.933. The van der Waals surface area contributed by atoms with E-state index in [9.17, 15) is 18.0 Å². The number of ether oxygens (including phenoxy) is 2. The number of hydrogen-bond donors (Lipinski definition) is 0. The summed E-state index contributed by atoms with van der Waals surface area (Å²) < 4.78 is 52.7. The van der Waals surface area contributed by atoms with Gasteiger partial charge in [0.1, 0.15) is 12.4 Å². The van der Waals surface area contributed by atoms with Gasteiger partial charge in [-0.2, -0.15) is 13.2 Å². The van der Waals surface area contributed by atoms with Crippen molar-refractivity contribution in [1.82, 2.24) is 9.80 Å². The molecule has 0 aromatic heterocycles. The van der Waals surface area contributed by atoms with Gasteiger partial charge in [-0.15, -0.1) is 0 Å². The predicted octanol–water partition coefficient (Wildman–Crippen LogP) is 7.70. The third-order valence-electron chi connectivity index (χ3n) is 8.12. The van der Waals surface area contributed by atoms with Gasteiger partial charge in [0.2, 0.25) is 0 Å². The molecule has 1 saturated heterocycles. The van der Waals surface area contributed by atoms with Crippen LogP contribution in [0.5, 0.6) is 5.75 Å². The fourth-order valence-electron chi connectivity index (χ4n) is 5.73. The average molecular weight is 748 g/mol. The van der Waals surface area contributed by atoms with E-state index in [4.69, 9.17) is 9.47 Å². The van der Waals surface area contributed by atoms with Crippen molar-refractivity contribution in [2.75, 3.05) is 63.9 Å². The Labute approximate surface area is 278 Å². The molecule has 6 rings (SSSR count). The number of anilines is 2. The number of rotatable bonds is 10. The number of fused-ring (bicyclic) bond motifs is 3. The molecule has 2 aliphatic rings. The second-order valence-corrected chi connectivity index (χ2v) is 13.2. The summed E-state index contributed by atoms with van der Waals surface area (Å²) in [5.74, 6) is 0.278. The van der Waals surface area contributed by atoms with Crippen molar-refractivity contribution in [2.45, 2.75) is 22.4 Å². The summed E-state index contributed by atoms with van der Waals surface area (Å²) in [7, 11) is 0. The van der Waals surface area contributed by atoms with E-state index < -0.39 is 11.7 Å². The predicted molar refractivity (Wildman–Crippen MR) is 180 cm³/mol. The molecule has 4 aromatic rings. The van der Waals surface area contributed by atoms with Crippen LogP contribution in [0, 0.1) is 3.57 Å². The number of carbonyl (C=O) groups excluding carboxylic acids is 1. The van der Waals surface area contributed by atoms with Crippen LogP contribution in [-0.2, 0) is 15.7 Å². The molecule has 0 N–H and O–H groups in total. The summed E-state index contributed by atoms with van der Waals surface area (Å²) in [5.41, 5.74) is 0.941. The number of benzene rings is 4. The minimum Gasteiger partial charge on any atom is -0.481 e.